The highest BCUT2D eigenvalue weighted by molar-refractivity contribution is 6.06. The van der Waals surface area contributed by atoms with Gasteiger partial charge in [0.1, 0.15) is 11.3 Å². The van der Waals surface area contributed by atoms with Crippen LogP contribution in [-0.4, -0.2) is 44.5 Å². The van der Waals surface area contributed by atoms with E-state index in [-0.39, 0.29) is 27.7 Å². The molecule has 0 radical (unpaired) electrons. The Bertz CT molecular complexity index is 1360. The number of halogens is 4. The number of benzene rings is 2. The van der Waals surface area contributed by atoms with Crippen LogP contribution in [0.3, 0.4) is 0 Å². The molecule has 3 aromatic rings. The first-order valence-corrected chi connectivity index (χ1v) is 10.5. The number of hydrogen-bond acceptors (Lipinski definition) is 5. The summed E-state index contributed by atoms with van der Waals surface area (Å²) in [6, 6.07) is 6.35. The molecule has 1 aromatic heterocycles. The number of carboxylic acids is 1. The molecule has 0 aliphatic heterocycles. The Hall–Kier alpha value is -4.09. The lowest BCUT2D eigenvalue weighted by Gasteiger charge is -2.23. The van der Waals surface area contributed by atoms with Crippen LogP contribution in [0.5, 0.6) is 11.5 Å². The Morgan fingerprint density at radius 1 is 1.06 bits per heavy atom. The van der Waals surface area contributed by atoms with Crippen LogP contribution in [0.1, 0.15) is 48.3 Å². The van der Waals surface area contributed by atoms with Crippen molar-refractivity contribution in [3.05, 3.63) is 59.0 Å². The summed E-state index contributed by atoms with van der Waals surface area (Å²) in [5, 5.41) is 21.4. The van der Waals surface area contributed by atoms with Crippen molar-refractivity contribution in [3.63, 3.8) is 0 Å². The highest BCUT2D eigenvalue weighted by Crippen LogP contribution is 2.37. The molecule has 1 amide bonds. The number of carboxylic acid groups (broad SMARTS) is 1. The number of phenolic OH excluding ortho intramolecular Hbond substituents is 1. The number of aromatic nitrogens is 1. The van der Waals surface area contributed by atoms with E-state index in [4.69, 9.17) is 0 Å². The lowest BCUT2D eigenvalue weighted by molar-refractivity contribution is -0.274. The number of fused-ring (bicyclic) bond motifs is 1. The summed E-state index contributed by atoms with van der Waals surface area (Å²) in [5.74, 6) is -6.35. The summed E-state index contributed by atoms with van der Waals surface area (Å²) in [6.45, 7) is 5.34. The summed E-state index contributed by atoms with van der Waals surface area (Å²) < 4.78 is 57.3. The molecule has 0 fully saturated rings. The number of rotatable bonds is 6. The molecule has 12 heteroatoms. The Morgan fingerprint density at radius 2 is 1.64 bits per heavy atom. The average Bonchev–Trinajstić information content (AvgIpc) is 3.06. The van der Waals surface area contributed by atoms with E-state index in [9.17, 15) is 37.8 Å². The van der Waals surface area contributed by atoms with Crippen LogP contribution in [0.15, 0.2) is 36.4 Å². The number of aliphatic carboxylic acids is 1. The minimum Gasteiger partial charge on any atom is -0.505 e. The highest BCUT2D eigenvalue weighted by Gasteiger charge is 2.35. The summed E-state index contributed by atoms with van der Waals surface area (Å²) in [7, 11) is 0. The second kappa shape index (κ2) is 9.17. The second-order valence-corrected chi connectivity index (χ2v) is 8.65. The first-order chi connectivity index (χ1) is 16.5. The van der Waals surface area contributed by atoms with Gasteiger partial charge in [0.25, 0.3) is 5.91 Å². The zero-order valence-electron chi connectivity index (χ0n) is 19.5. The standard InChI is InChI=1S/C24H22F4N2O6/c1-11(20(32)29-23(3,4)22(34)35)17-12(2)30(15-9-10-16(31)19(25)18(15)17)21(33)13-5-7-14(8-6-13)36-24(26,27)28/h5-11,31H,1-4H3,(H,29,32)(H,34,35). The van der Waals surface area contributed by atoms with Gasteiger partial charge in [-0.3, -0.25) is 14.2 Å². The van der Waals surface area contributed by atoms with Crippen LogP contribution < -0.4 is 10.1 Å². The van der Waals surface area contributed by atoms with Gasteiger partial charge in [-0.05, 0) is 69.7 Å². The van der Waals surface area contributed by atoms with Crippen LogP contribution in [0, 0.1) is 12.7 Å². The van der Waals surface area contributed by atoms with E-state index in [1.807, 2.05) is 0 Å². The molecule has 0 aliphatic carbocycles. The largest absolute Gasteiger partial charge is 0.573 e. The third-order valence-electron chi connectivity index (χ3n) is 5.67. The molecule has 0 saturated heterocycles. The smallest absolute Gasteiger partial charge is 0.505 e. The van der Waals surface area contributed by atoms with Gasteiger partial charge in [-0.15, -0.1) is 13.2 Å². The molecular weight excluding hydrogens is 488 g/mol. The van der Waals surface area contributed by atoms with Crippen molar-refractivity contribution in [1.29, 1.82) is 0 Å². The number of amides is 1. The van der Waals surface area contributed by atoms with E-state index in [2.05, 4.69) is 10.1 Å². The average molecular weight is 510 g/mol. The molecule has 0 aliphatic rings. The van der Waals surface area contributed by atoms with Gasteiger partial charge in [-0.25, -0.2) is 9.18 Å². The molecule has 1 heterocycles. The van der Waals surface area contributed by atoms with Crippen molar-refractivity contribution >= 4 is 28.7 Å². The lowest BCUT2D eigenvalue weighted by Crippen LogP contribution is -2.50. The number of alkyl halides is 3. The van der Waals surface area contributed by atoms with Gasteiger partial charge in [0.15, 0.2) is 11.6 Å². The van der Waals surface area contributed by atoms with Crippen molar-refractivity contribution < 1.29 is 46.9 Å². The Morgan fingerprint density at radius 3 is 2.17 bits per heavy atom. The van der Waals surface area contributed by atoms with Crippen LogP contribution in [-0.2, 0) is 9.59 Å². The molecule has 3 N–H and O–H groups in total. The van der Waals surface area contributed by atoms with Gasteiger partial charge in [-0.1, -0.05) is 0 Å². The Balaban J connectivity index is 2.13. The van der Waals surface area contributed by atoms with Crippen molar-refractivity contribution in [3.8, 4) is 11.5 Å². The molecule has 36 heavy (non-hydrogen) atoms. The second-order valence-electron chi connectivity index (χ2n) is 8.65. The number of ether oxygens (including phenoxy) is 1. The highest BCUT2D eigenvalue weighted by atomic mass is 19.4. The van der Waals surface area contributed by atoms with Crippen LogP contribution in [0.4, 0.5) is 17.6 Å². The number of aromatic hydroxyl groups is 1. The van der Waals surface area contributed by atoms with Gasteiger partial charge in [0.2, 0.25) is 5.91 Å². The minimum absolute atomic E-state index is 0.00411. The van der Waals surface area contributed by atoms with E-state index >= 15 is 4.39 Å². The summed E-state index contributed by atoms with van der Waals surface area (Å²) in [4.78, 5) is 37.6. The number of carbonyl (C=O) groups excluding carboxylic acids is 2. The zero-order valence-corrected chi connectivity index (χ0v) is 19.5. The summed E-state index contributed by atoms with van der Waals surface area (Å²) in [6.07, 6.45) is -4.92. The quantitative estimate of drug-likeness (QED) is 0.422. The van der Waals surface area contributed by atoms with Gasteiger partial charge in [0, 0.05) is 16.6 Å². The zero-order chi connectivity index (χ0) is 27.2. The third kappa shape index (κ3) is 4.97. The van der Waals surface area contributed by atoms with Crippen molar-refractivity contribution in [2.24, 2.45) is 0 Å². The molecule has 2 aromatic carbocycles. The maximum Gasteiger partial charge on any atom is 0.573 e. The fraction of sp³-hybridized carbons (Fsp3) is 0.292. The monoisotopic (exact) mass is 510 g/mol. The number of phenols is 1. The molecule has 8 nitrogen and oxygen atoms in total. The van der Waals surface area contributed by atoms with E-state index in [1.54, 1.807) is 0 Å². The molecule has 1 unspecified atom stereocenters. The van der Waals surface area contributed by atoms with Crippen molar-refractivity contribution in [2.45, 2.75) is 45.5 Å². The fourth-order valence-electron chi connectivity index (χ4n) is 3.80. The fourth-order valence-corrected chi connectivity index (χ4v) is 3.80. The van der Waals surface area contributed by atoms with E-state index in [0.717, 1.165) is 34.9 Å². The molecule has 192 valence electrons. The number of carbonyl (C=O) groups is 3. The SMILES string of the molecule is Cc1c(C(C)C(=O)NC(C)(C)C(=O)O)c2c(F)c(O)ccc2n1C(=O)c1ccc(OC(F)(F)F)cc1. The van der Waals surface area contributed by atoms with E-state index in [0.29, 0.717) is 0 Å². The molecule has 1 atom stereocenters. The molecule has 0 saturated carbocycles. The van der Waals surface area contributed by atoms with Gasteiger partial charge < -0.3 is 20.3 Å². The normalized spacial score (nSPS) is 12.9. The molecule has 3 rings (SSSR count). The van der Waals surface area contributed by atoms with Gasteiger partial charge in [0.05, 0.1) is 11.4 Å². The first kappa shape index (κ1) is 26.5. The maximum absolute atomic E-state index is 15.1. The van der Waals surface area contributed by atoms with Gasteiger partial charge in [-0.2, -0.15) is 0 Å². The van der Waals surface area contributed by atoms with Crippen LogP contribution in [0.2, 0.25) is 0 Å². The third-order valence-corrected chi connectivity index (χ3v) is 5.67. The predicted octanol–water partition coefficient (Wildman–Crippen LogP) is 4.46. The predicted molar refractivity (Wildman–Crippen MR) is 119 cm³/mol. The lowest BCUT2D eigenvalue weighted by atomic mass is 9.95. The Labute approximate surface area is 202 Å². The first-order valence-electron chi connectivity index (χ1n) is 10.5. The van der Waals surface area contributed by atoms with Crippen molar-refractivity contribution in [2.75, 3.05) is 0 Å². The van der Waals surface area contributed by atoms with E-state index < -0.39 is 52.9 Å². The van der Waals surface area contributed by atoms with Gasteiger partial charge >= 0.3 is 12.3 Å². The summed E-state index contributed by atoms with van der Waals surface area (Å²) >= 11 is 0. The minimum atomic E-state index is -4.92. The van der Waals surface area contributed by atoms with E-state index in [1.165, 1.54) is 33.8 Å². The molecule has 0 bridgehead atoms. The number of nitrogens with zero attached hydrogens (tertiary/aromatic N) is 1. The Kier molecular flexibility index (Phi) is 6.75. The molecular formula is C24H22F4N2O6. The topological polar surface area (TPSA) is 118 Å². The van der Waals surface area contributed by atoms with Crippen molar-refractivity contribution in [1.82, 2.24) is 9.88 Å². The summed E-state index contributed by atoms with van der Waals surface area (Å²) in [5.41, 5.74) is -1.56. The molecule has 0 spiro atoms. The van der Waals surface area contributed by atoms with Crippen LogP contribution in [0.25, 0.3) is 10.9 Å². The maximum atomic E-state index is 15.1. The number of hydrogen-bond donors (Lipinski definition) is 3. The van der Waals surface area contributed by atoms with Crippen LogP contribution >= 0.6 is 0 Å². The number of nitrogens with one attached hydrogen (secondary N) is 1.